The van der Waals surface area contributed by atoms with Crippen molar-refractivity contribution in [1.82, 2.24) is 5.32 Å². The highest BCUT2D eigenvalue weighted by atomic mass is 35.5. The zero-order chi connectivity index (χ0) is 14.5. The number of rotatable bonds is 4. The van der Waals surface area contributed by atoms with Crippen molar-refractivity contribution < 1.29 is 9.59 Å². The third-order valence-electron chi connectivity index (χ3n) is 2.81. The highest BCUT2D eigenvalue weighted by Crippen LogP contribution is 2.21. The summed E-state index contributed by atoms with van der Waals surface area (Å²) in [6.07, 6.45) is 4.62. The minimum atomic E-state index is -0.278. The molecule has 1 N–H and O–H groups in total. The van der Waals surface area contributed by atoms with Crippen molar-refractivity contribution in [1.29, 1.82) is 0 Å². The standard InChI is InChI=1S/C14H12Cl2N2O2/c15-10-3-4-11(12(16)6-10)13(19)8-18-14(20)9-2-1-5-17-7-9/h3-7H,1-2,8H2,(H,18,20). The third-order valence-corrected chi connectivity index (χ3v) is 3.36. The van der Waals surface area contributed by atoms with Crippen LogP contribution in [-0.2, 0) is 4.79 Å². The van der Waals surface area contributed by atoms with Crippen molar-refractivity contribution in [3.8, 4) is 0 Å². The topological polar surface area (TPSA) is 58.5 Å². The normalized spacial score (nSPS) is 13.8. The monoisotopic (exact) mass is 310 g/mol. The highest BCUT2D eigenvalue weighted by molar-refractivity contribution is 6.36. The highest BCUT2D eigenvalue weighted by Gasteiger charge is 2.15. The summed E-state index contributed by atoms with van der Waals surface area (Å²) >= 11 is 11.7. The minimum Gasteiger partial charge on any atom is -0.345 e. The number of hydrogen-bond acceptors (Lipinski definition) is 3. The molecule has 1 aromatic rings. The van der Waals surface area contributed by atoms with Crippen LogP contribution in [0.1, 0.15) is 23.2 Å². The predicted octanol–water partition coefficient (Wildman–Crippen LogP) is 3.04. The second-order valence-corrected chi connectivity index (χ2v) is 5.10. The van der Waals surface area contributed by atoms with E-state index in [9.17, 15) is 9.59 Å². The molecule has 1 aliphatic rings. The Hall–Kier alpha value is -1.65. The van der Waals surface area contributed by atoms with Crippen LogP contribution in [0.5, 0.6) is 0 Å². The largest absolute Gasteiger partial charge is 0.345 e. The average Bonchev–Trinajstić information content (AvgIpc) is 2.45. The Balaban J connectivity index is 1.96. The van der Waals surface area contributed by atoms with Crippen molar-refractivity contribution >= 4 is 41.1 Å². The van der Waals surface area contributed by atoms with Gasteiger partial charge >= 0.3 is 0 Å². The van der Waals surface area contributed by atoms with Crippen LogP contribution in [0.4, 0.5) is 0 Å². The number of ketones is 1. The molecule has 0 aliphatic carbocycles. The first-order valence-electron chi connectivity index (χ1n) is 6.05. The molecule has 4 nitrogen and oxygen atoms in total. The fraction of sp³-hybridized carbons (Fsp3) is 0.214. The third kappa shape index (κ3) is 3.68. The molecule has 20 heavy (non-hydrogen) atoms. The van der Waals surface area contributed by atoms with Crippen molar-refractivity contribution in [2.75, 3.05) is 6.54 Å². The second kappa shape index (κ2) is 6.68. The number of hydrogen-bond donors (Lipinski definition) is 1. The Morgan fingerprint density at radius 3 is 2.75 bits per heavy atom. The maximum Gasteiger partial charge on any atom is 0.249 e. The van der Waals surface area contributed by atoms with Gasteiger partial charge in [-0.2, -0.15) is 0 Å². The van der Waals surface area contributed by atoms with Gasteiger partial charge in [0.15, 0.2) is 5.78 Å². The van der Waals surface area contributed by atoms with Gasteiger partial charge in [-0.15, -0.1) is 0 Å². The summed E-state index contributed by atoms with van der Waals surface area (Å²) in [7, 11) is 0. The first-order chi connectivity index (χ1) is 9.58. The van der Waals surface area contributed by atoms with Gasteiger partial charge in [0, 0.05) is 28.6 Å². The van der Waals surface area contributed by atoms with Crippen LogP contribution in [-0.4, -0.2) is 24.4 Å². The van der Waals surface area contributed by atoms with Gasteiger partial charge < -0.3 is 5.32 Å². The number of carbonyl (C=O) groups is 2. The minimum absolute atomic E-state index is 0.110. The molecule has 0 saturated carbocycles. The number of amides is 1. The number of nitrogens with zero attached hydrogens (tertiary/aromatic N) is 1. The van der Waals surface area contributed by atoms with Gasteiger partial charge in [0.1, 0.15) is 0 Å². The molecule has 1 aromatic carbocycles. The Kier molecular flexibility index (Phi) is 4.93. The Labute approximate surface area is 126 Å². The van der Waals surface area contributed by atoms with Crippen LogP contribution < -0.4 is 5.32 Å². The molecule has 0 fully saturated rings. The van der Waals surface area contributed by atoms with Gasteiger partial charge in [0.25, 0.3) is 0 Å². The van der Waals surface area contributed by atoms with E-state index in [1.54, 1.807) is 18.3 Å². The Bertz CT molecular complexity index is 609. The van der Waals surface area contributed by atoms with Gasteiger partial charge in [0.2, 0.25) is 5.91 Å². The van der Waals surface area contributed by atoms with Crippen molar-refractivity contribution in [3.05, 3.63) is 45.6 Å². The summed E-state index contributed by atoms with van der Waals surface area (Å²) in [5, 5.41) is 3.31. The van der Waals surface area contributed by atoms with Gasteiger partial charge in [-0.05, 0) is 31.0 Å². The average molecular weight is 311 g/mol. The summed E-state index contributed by atoms with van der Waals surface area (Å²) in [5.74, 6) is -0.541. The number of halogens is 2. The van der Waals surface area contributed by atoms with Crippen molar-refractivity contribution in [2.45, 2.75) is 12.8 Å². The lowest BCUT2D eigenvalue weighted by Gasteiger charge is -2.09. The summed E-state index contributed by atoms with van der Waals surface area (Å²) < 4.78 is 0. The molecule has 2 rings (SSSR count). The molecule has 0 bridgehead atoms. The van der Waals surface area contributed by atoms with Gasteiger partial charge in [-0.3, -0.25) is 14.6 Å². The molecule has 0 atom stereocenters. The molecule has 104 valence electrons. The van der Waals surface area contributed by atoms with Crippen LogP contribution >= 0.6 is 23.2 Å². The molecular formula is C14H12Cl2N2O2. The molecule has 0 spiro atoms. The van der Waals surface area contributed by atoms with Crippen LogP contribution in [0, 0.1) is 0 Å². The van der Waals surface area contributed by atoms with E-state index in [1.807, 2.05) is 0 Å². The molecular weight excluding hydrogens is 299 g/mol. The lowest BCUT2D eigenvalue weighted by atomic mass is 10.1. The molecule has 0 unspecified atom stereocenters. The van der Waals surface area contributed by atoms with E-state index in [2.05, 4.69) is 10.3 Å². The molecule has 1 heterocycles. The zero-order valence-electron chi connectivity index (χ0n) is 10.5. The smallest absolute Gasteiger partial charge is 0.249 e. The van der Waals surface area contributed by atoms with E-state index in [0.29, 0.717) is 22.6 Å². The quantitative estimate of drug-likeness (QED) is 0.869. The lowest BCUT2D eigenvalue weighted by Crippen LogP contribution is -2.31. The fourth-order valence-electron chi connectivity index (χ4n) is 1.76. The van der Waals surface area contributed by atoms with Crippen LogP contribution in [0.2, 0.25) is 10.0 Å². The summed E-state index contributed by atoms with van der Waals surface area (Å²) in [4.78, 5) is 27.7. The zero-order valence-corrected chi connectivity index (χ0v) is 12.0. The maximum atomic E-state index is 12.0. The number of nitrogens with one attached hydrogen (secondary N) is 1. The predicted molar refractivity (Wildman–Crippen MR) is 79.6 cm³/mol. The van der Waals surface area contributed by atoms with Crippen LogP contribution in [0.15, 0.2) is 35.0 Å². The number of aliphatic imine (C=N–C) groups is 1. The molecule has 6 heteroatoms. The second-order valence-electron chi connectivity index (χ2n) is 4.25. The van der Waals surface area contributed by atoms with E-state index < -0.39 is 0 Å². The lowest BCUT2D eigenvalue weighted by molar-refractivity contribution is -0.117. The van der Waals surface area contributed by atoms with E-state index in [4.69, 9.17) is 23.2 Å². The summed E-state index contributed by atoms with van der Waals surface area (Å²) in [5.41, 5.74) is 0.912. The Morgan fingerprint density at radius 1 is 1.30 bits per heavy atom. The van der Waals surface area contributed by atoms with Crippen molar-refractivity contribution in [3.63, 3.8) is 0 Å². The SMILES string of the molecule is O=C(NCC(=O)c1ccc(Cl)cc1Cl)C1=CN=CCC1. The van der Waals surface area contributed by atoms with Gasteiger partial charge in [0.05, 0.1) is 11.6 Å². The molecule has 1 amide bonds. The molecule has 0 radical (unpaired) electrons. The van der Waals surface area contributed by atoms with Gasteiger partial charge in [-0.1, -0.05) is 23.2 Å². The summed E-state index contributed by atoms with van der Waals surface area (Å²) in [6, 6.07) is 4.63. The first kappa shape index (κ1) is 14.8. The molecule has 0 aromatic heterocycles. The first-order valence-corrected chi connectivity index (χ1v) is 6.80. The van der Waals surface area contributed by atoms with Crippen LogP contribution in [0.25, 0.3) is 0 Å². The molecule has 1 aliphatic heterocycles. The number of benzene rings is 1. The summed E-state index contributed by atoms with van der Waals surface area (Å²) in [6.45, 7) is -0.110. The van der Waals surface area contributed by atoms with Gasteiger partial charge in [-0.25, -0.2) is 0 Å². The van der Waals surface area contributed by atoms with Crippen molar-refractivity contribution in [2.24, 2.45) is 4.99 Å². The maximum absolute atomic E-state index is 12.0. The van der Waals surface area contributed by atoms with E-state index in [1.165, 1.54) is 12.3 Å². The fourth-order valence-corrected chi connectivity index (χ4v) is 2.27. The Morgan fingerprint density at radius 2 is 2.10 bits per heavy atom. The van der Waals surface area contributed by atoms with E-state index in [-0.39, 0.29) is 23.3 Å². The number of carbonyl (C=O) groups excluding carboxylic acids is 2. The van der Waals surface area contributed by atoms with E-state index in [0.717, 1.165) is 6.42 Å². The number of Topliss-reactive ketones (excluding diaryl/α,β-unsaturated/α-hetero) is 1. The van der Waals surface area contributed by atoms with Crippen LogP contribution in [0.3, 0.4) is 0 Å². The molecule has 0 saturated heterocycles. The van der Waals surface area contributed by atoms with E-state index >= 15 is 0 Å².